The average molecular weight is 279 g/mol. The highest BCUT2D eigenvalue weighted by molar-refractivity contribution is 5.77. The molecule has 1 heterocycles. The van der Waals surface area contributed by atoms with Gasteiger partial charge in [0.1, 0.15) is 5.52 Å². The Morgan fingerprint density at radius 3 is 3.00 bits per heavy atom. The fraction of sp³-hybridized carbons (Fsp3) is 0.500. The first-order chi connectivity index (χ1) is 9.79. The molecule has 3 N–H and O–H groups in total. The van der Waals surface area contributed by atoms with Crippen molar-refractivity contribution in [1.82, 2.24) is 4.98 Å². The maximum Gasteiger partial charge on any atom is 0.295 e. The van der Waals surface area contributed by atoms with E-state index in [-0.39, 0.29) is 0 Å². The van der Waals surface area contributed by atoms with E-state index in [2.05, 4.69) is 10.3 Å². The Morgan fingerprint density at radius 2 is 2.15 bits per heavy atom. The number of anilines is 2. The highest BCUT2D eigenvalue weighted by atomic mass is 16.5. The van der Waals surface area contributed by atoms with Gasteiger partial charge in [0.15, 0.2) is 5.58 Å². The lowest BCUT2D eigenvalue weighted by atomic mass is 10.3. The summed E-state index contributed by atoms with van der Waals surface area (Å²) in [6.07, 6.45) is 1.98. The van der Waals surface area contributed by atoms with Crippen LogP contribution in [0.15, 0.2) is 22.6 Å². The van der Waals surface area contributed by atoms with Crippen LogP contribution in [0.25, 0.3) is 11.1 Å². The number of benzene rings is 1. The second kappa shape index (κ2) is 7.72. The van der Waals surface area contributed by atoms with Gasteiger partial charge in [-0.15, -0.1) is 0 Å². The van der Waals surface area contributed by atoms with Crippen LogP contribution in [0.1, 0.15) is 12.8 Å². The number of hydrogen-bond acceptors (Lipinski definition) is 6. The first-order valence-corrected chi connectivity index (χ1v) is 6.76. The number of nitrogen functional groups attached to an aromatic ring is 1. The quantitative estimate of drug-likeness (QED) is 0.541. The molecular formula is C14H21N3O3. The largest absolute Gasteiger partial charge is 0.423 e. The van der Waals surface area contributed by atoms with E-state index in [9.17, 15) is 0 Å². The molecule has 0 spiro atoms. The minimum atomic E-state index is 0.533. The van der Waals surface area contributed by atoms with Gasteiger partial charge >= 0.3 is 0 Å². The third-order valence-electron chi connectivity index (χ3n) is 2.84. The predicted molar refractivity (Wildman–Crippen MR) is 78.8 cm³/mol. The standard InChI is InChI=1S/C14H21N3O3/c1-18-8-9-19-7-3-2-6-16-14-17-12-5-4-11(15)10-13(12)20-14/h4-5,10H,2-3,6-9,15H2,1H3,(H,16,17). The van der Waals surface area contributed by atoms with E-state index in [1.54, 1.807) is 13.2 Å². The zero-order chi connectivity index (χ0) is 14.2. The summed E-state index contributed by atoms with van der Waals surface area (Å²) >= 11 is 0. The highest BCUT2D eigenvalue weighted by Gasteiger charge is 2.04. The van der Waals surface area contributed by atoms with Crippen LogP contribution < -0.4 is 11.1 Å². The molecular weight excluding hydrogens is 258 g/mol. The summed E-state index contributed by atoms with van der Waals surface area (Å²) in [5, 5.41) is 3.16. The Hall–Kier alpha value is -1.79. The fourth-order valence-electron chi connectivity index (χ4n) is 1.79. The van der Waals surface area contributed by atoms with Crippen molar-refractivity contribution in [3.8, 4) is 0 Å². The number of nitrogens with zero attached hydrogens (tertiary/aromatic N) is 1. The van der Waals surface area contributed by atoms with Gasteiger partial charge < -0.3 is 24.9 Å². The van der Waals surface area contributed by atoms with Crippen LogP contribution in [0.5, 0.6) is 0 Å². The molecule has 0 atom stereocenters. The van der Waals surface area contributed by atoms with Crippen LogP contribution in [0.2, 0.25) is 0 Å². The average Bonchev–Trinajstić information content (AvgIpc) is 2.83. The van der Waals surface area contributed by atoms with E-state index in [0.717, 1.165) is 31.5 Å². The third-order valence-corrected chi connectivity index (χ3v) is 2.84. The van der Waals surface area contributed by atoms with E-state index in [1.807, 2.05) is 12.1 Å². The van der Waals surface area contributed by atoms with E-state index in [1.165, 1.54) is 0 Å². The molecule has 0 saturated heterocycles. The topological polar surface area (TPSA) is 82.5 Å². The minimum absolute atomic E-state index is 0.533. The summed E-state index contributed by atoms with van der Waals surface area (Å²) in [4.78, 5) is 4.33. The lowest BCUT2D eigenvalue weighted by Crippen LogP contribution is -2.06. The Balaban J connectivity index is 1.65. The van der Waals surface area contributed by atoms with Crippen LogP contribution in [0.3, 0.4) is 0 Å². The van der Waals surface area contributed by atoms with Gasteiger partial charge in [-0.3, -0.25) is 0 Å². The molecule has 2 rings (SSSR count). The molecule has 1 aromatic heterocycles. The van der Waals surface area contributed by atoms with E-state index < -0.39 is 0 Å². The number of rotatable bonds is 9. The maximum atomic E-state index is 5.69. The first-order valence-electron chi connectivity index (χ1n) is 6.76. The lowest BCUT2D eigenvalue weighted by molar-refractivity contribution is 0.0691. The molecule has 20 heavy (non-hydrogen) atoms. The second-order valence-corrected chi connectivity index (χ2v) is 4.49. The van der Waals surface area contributed by atoms with Gasteiger partial charge in [0.25, 0.3) is 6.01 Å². The summed E-state index contributed by atoms with van der Waals surface area (Å²) in [5.74, 6) is 0. The maximum absolute atomic E-state index is 5.69. The van der Waals surface area contributed by atoms with Gasteiger partial charge in [0, 0.05) is 32.0 Å². The molecule has 0 radical (unpaired) electrons. The lowest BCUT2D eigenvalue weighted by Gasteiger charge is -2.03. The summed E-state index contributed by atoms with van der Waals surface area (Å²) in [7, 11) is 1.67. The normalized spacial score (nSPS) is 11.1. The van der Waals surface area contributed by atoms with Gasteiger partial charge in [-0.1, -0.05) is 0 Å². The van der Waals surface area contributed by atoms with Gasteiger partial charge in [-0.2, -0.15) is 4.98 Å². The number of aromatic nitrogens is 1. The Bertz CT molecular complexity index is 527. The molecule has 0 amide bonds. The van der Waals surface area contributed by atoms with Crippen molar-refractivity contribution in [3.63, 3.8) is 0 Å². The van der Waals surface area contributed by atoms with Gasteiger partial charge in [-0.25, -0.2) is 0 Å². The molecule has 0 bridgehead atoms. The van der Waals surface area contributed by atoms with Crippen LogP contribution >= 0.6 is 0 Å². The van der Waals surface area contributed by atoms with Crippen LogP contribution in [0.4, 0.5) is 11.7 Å². The Kier molecular flexibility index (Phi) is 5.64. The monoisotopic (exact) mass is 279 g/mol. The molecule has 0 saturated carbocycles. The second-order valence-electron chi connectivity index (χ2n) is 4.49. The number of nitrogens with two attached hydrogens (primary N) is 1. The van der Waals surface area contributed by atoms with E-state index >= 15 is 0 Å². The van der Waals surface area contributed by atoms with E-state index in [0.29, 0.717) is 30.5 Å². The van der Waals surface area contributed by atoms with Crippen LogP contribution in [-0.4, -0.2) is 38.5 Å². The molecule has 110 valence electrons. The SMILES string of the molecule is COCCOCCCCNc1nc2ccc(N)cc2o1. The number of nitrogens with one attached hydrogen (secondary N) is 1. The van der Waals surface area contributed by atoms with Crippen molar-refractivity contribution in [1.29, 1.82) is 0 Å². The molecule has 0 aliphatic carbocycles. The van der Waals surface area contributed by atoms with Crippen molar-refractivity contribution in [2.75, 3.05) is 44.5 Å². The smallest absolute Gasteiger partial charge is 0.295 e. The number of fused-ring (bicyclic) bond motifs is 1. The number of oxazole rings is 1. The zero-order valence-corrected chi connectivity index (χ0v) is 11.7. The minimum Gasteiger partial charge on any atom is -0.423 e. The third kappa shape index (κ3) is 4.40. The van der Waals surface area contributed by atoms with Gasteiger partial charge in [-0.05, 0) is 25.0 Å². The summed E-state index contributed by atoms with van der Waals surface area (Å²) < 4.78 is 15.8. The number of hydrogen-bond donors (Lipinski definition) is 2. The molecule has 0 unspecified atom stereocenters. The van der Waals surface area contributed by atoms with Crippen molar-refractivity contribution in [2.45, 2.75) is 12.8 Å². The van der Waals surface area contributed by atoms with Gasteiger partial charge in [0.05, 0.1) is 13.2 Å². The number of methoxy groups -OCH3 is 1. The molecule has 6 heteroatoms. The highest BCUT2D eigenvalue weighted by Crippen LogP contribution is 2.20. The van der Waals surface area contributed by atoms with Crippen LogP contribution in [-0.2, 0) is 9.47 Å². The van der Waals surface area contributed by atoms with Crippen molar-refractivity contribution in [3.05, 3.63) is 18.2 Å². The van der Waals surface area contributed by atoms with Crippen molar-refractivity contribution < 1.29 is 13.9 Å². The summed E-state index contributed by atoms with van der Waals surface area (Å²) in [6.45, 7) is 2.84. The van der Waals surface area contributed by atoms with Gasteiger partial charge in [0.2, 0.25) is 0 Å². The molecule has 1 aromatic carbocycles. The molecule has 6 nitrogen and oxygen atoms in total. The molecule has 0 aliphatic heterocycles. The van der Waals surface area contributed by atoms with E-state index in [4.69, 9.17) is 19.6 Å². The van der Waals surface area contributed by atoms with Crippen molar-refractivity contribution >= 4 is 22.8 Å². The zero-order valence-electron chi connectivity index (χ0n) is 11.7. The Morgan fingerprint density at radius 1 is 1.25 bits per heavy atom. The van der Waals surface area contributed by atoms with Crippen molar-refractivity contribution in [2.24, 2.45) is 0 Å². The Labute approximate surface area is 118 Å². The first kappa shape index (κ1) is 14.6. The summed E-state index contributed by atoms with van der Waals surface area (Å²) in [5.41, 5.74) is 7.88. The number of ether oxygens (including phenoxy) is 2. The van der Waals surface area contributed by atoms with Crippen LogP contribution in [0, 0.1) is 0 Å². The molecule has 0 fully saturated rings. The summed E-state index contributed by atoms with van der Waals surface area (Å²) in [6, 6.07) is 5.97. The predicted octanol–water partition coefficient (Wildman–Crippen LogP) is 2.27. The molecule has 0 aliphatic rings. The number of unbranched alkanes of at least 4 members (excludes halogenated alkanes) is 1. The fourth-order valence-corrected chi connectivity index (χ4v) is 1.79. The molecule has 2 aromatic rings.